The monoisotopic (exact) mass is 287 g/mol. The van der Waals surface area contributed by atoms with Crippen LogP contribution in [0.4, 0.5) is 0 Å². The minimum Gasteiger partial charge on any atom is -0.490 e. The van der Waals surface area contributed by atoms with E-state index in [0.29, 0.717) is 17.7 Å². The van der Waals surface area contributed by atoms with Crippen LogP contribution in [0.25, 0.3) is 0 Å². The minimum absolute atomic E-state index is 0.0949. The standard InChI is InChI=1S/C17H21NO3/c18-15(10-13-6-2-1-3-7-13)16(20)12-21-17-9-5-4-8-14(17)11-19/h1-9,15-16,19-20H,10-12,18H2. The summed E-state index contributed by atoms with van der Waals surface area (Å²) in [4.78, 5) is 0. The van der Waals surface area contributed by atoms with Crippen LogP contribution in [-0.2, 0) is 13.0 Å². The van der Waals surface area contributed by atoms with Gasteiger partial charge in [0.05, 0.1) is 6.61 Å². The number of benzene rings is 2. The van der Waals surface area contributed by atoms with Crippen LogP contribution in [0.1, 0.15) is 11.1 Å². The molecular formula is C17H21NO3. The van der Waals surface area contributed by atoms with Gasteiger partial charge in [0.25, 0.3) is 0 Å². The molecule has 0 spiro atoms. The summed E-state index contributed by atoms with van der Waals surface area (Å²) in [5.41, 5.74) is 7.78. The Morgan fingerprint density at radius 3 is 2.38 bits per heavy atom. The molecule has 2 aromatic carbocycles. The van der Waals surface area contributed by atoms with E-state index in [2.05, 4.69) is 0 Å². The Labute approximate surface area is 124 Å². The first kappa shape index (κ1) is 15.5. The summed E-state index contributed by atoms with van der Waals surface area (Å²) in [7, 11) is 0. The van der Waals surface area contributed by atoms with E-state index in [1.807, 2.05) is 42.5 Å². The summed E-state index contributed by atoms with van der Waals surface area (Å²) in [6.45, 7) is 0.00729. The topological polar surface area (TPSA) is 75.7 Å². The second-order valence-corrected chi connectivity index (χ2v) is 5.00. The highest BCUT2D eigenvalue weighted by molar-refractivity contribution is 5.32. The minimum atomic E-state index is -0.767. The zero-order valence-corrected chi connectivity index (χ0v) is 11.9. The summed E-state index contributed by atoms with van der Waals surface area (Å²) in [5.74, 6) is 0.575. The predicted octanol–water partition coefficient (Wildman–Crippen LogP) is 1.49. The Hall–Kier alpha value is -1.88. The third kappa shape index (κ3) is 4.56. The molecule has 21 heavy (non-hydrogen) atoms. The first-order valence-electron chi connectivity index (χ1n) is 7.00. The highest BCUT2D eigenvalue weighted by Crippen LogP contribution is 2.18. The Morgan fingerprint density at radius 2 is 1.67 bits per heavy atom. The van der Waals surface area contributed by atoms with Crippen LogP contribution in [0.2, 0.25) is 0 Å². The summed E-state index contributed by atoms with van der Waals surface area (Å²) >= 11 is 0. The van der Waals surface area contributed by atoms with E-state index >= 15 is 0 Å². The highest BCUT2D eigenvalue weighted by atomic mass is 16.5. The van der Waals surface area contributed by atoms with Gasteiger partial charge in [-0.25, -0.2) is 0 Å². The number of aliphatic hydroxyl groups excluding tert-OH is 2. The van der Waals surface area contributed by atoms with Gasteiger partial charge < -0.3 is 20.7 Å². The van der Waals surface area contributed by atoms with Crippen molar-refractivity contribution in [2.75, 3.05) is 6.61 Å². The summed E-state index contributed by atoms with van der Waals surface area (Å²) in [6, 6.07) is 16.6. The predicted molar refractivity (Wildman–Crippen MR) is 82.0 cm³/mol. The lowest BCUT2D eigenvalue weighted by Crippen LogP contribution is -2.40. The van der Waals surface area contributed by atoms with Gasteiger partial charge in [0.15, 0.2) is 0 Å². The van der Waals surface area contributed by atoms with Gasteiger partial charge in [0.1, 0.15) is 18.5 Å². The van der Waals surface area contributed by atoms with E-state index in [1.165, 1.54) is 0 Å². The Balaban J connectivity index is 1.87. The van der Waals surface area contributed by atoms with Gasteiger partial charge in [-0.2, -0.15) is 0 Å². The Morgan fingerprint density at radius 1 is 1.00 bits per heavy atom. The molecule has 2 aromatic rings. The van der Waals surface area contributed by atoms with Crippen LogP contribution in [-0.4, -0.2) is 29.0 Å². The van der Waals surface area contributed by atoms with Crippen LogP contribution < -0.4 is 10.5 Å². The van der Waals surface area contributed by atoms with Crippen LogP contribution in [0.15, 0.2) is 54.6 Å². The van der Waals surface area contributed by atoms with Crippen LogP contribution in [0, 0.1) is 0 Å². The molecular weight excluding hydrogens is 266 g/mol. The van der Waals surface area contributed by atoms with E-state index in [1.54, 1.807) is 12.1 Å². The van der Waals surface area contributed by atoms with E-state index in [-0.39, 0.29) is 13.2 Å². The van der Waals surface area contributed by atoms with Gasteiger partial charge in [-0.3, -0.25) is 0 Å². The summed E-state index contributed by atoms with van der Waals surface area (Å²) in [5, 5.41) is 19.3. The van der Waals surface area contributed by atoms with E-state index < -0.39 is 12.1 Å². The second kappa shape index (κ2) is 7.78. The number of hydrogen-bond acceptors (Lipinski definition) is 4. The zero-order chi connectivity index (χ0) is 15.1. The van der Waals surface area contributed by atoms with Crippen molar-refractivity contribution in [2.24, 2.45) is 5.73 Å². The molecule has 0 heterocycles. The van der Waals surface area contributed by atoms with Crippen molar-refractivity contribution in [3.05, 3.63) is 65.7 Å². The van der Waals surface area contributed by atoms with Crippen LogP contribution in [0.3, 0.4) is 0 Å². The van der Waals surface area contributed by atoms with Crippen molar-refractivity contribution >= 4 is 0 Å². The molecule has 0 radical (unpaired) electrons. The Bertz CT molecular complexity index is 545. The molecule has 4 heteroatoms. The van der Waals surface area contributed by atoms with Gasteiger partial charge in [-0.05, 0) is 18.1 Å². The van der Waals surface area contributed by atoms with Crippen molar-refractivity contribution in [1.29, 1.82) is 0 Å². The van der Waals surface area contributed by atoms with E-state index in [4.69, 9.17) is 10.5 Å². The maximum Gasteiger partial charge on any atom is 0.124 e. The second-order valence-electron chi connectivity index (χ2n) is 5.00. The number of aliphatic hydroxyl groups is 2. The third-order valence-corrected chi connectivity index (χ3v) is 3.36. The number of hydrogen-bond donors (Lipinski definition) is 3. The maximum atomic E-state index is 10.1. The van der Waals surface area contributed by atoms with Gasteiger partial charge in [0.2, 0.25) is 0 Å². The summed E-state index contributed by atoms with van der Waals surface area (Å²) < 4.78 is 5.56. The molecule has 0 fully saturated rings. The number of nitrogens with two attached hydrogens (primary N) is 1. The third-order valence-electron chi connectivity index (χ3n) is 3.36. The average Bonchev–Trinajstić information content (AvgIpc) is 2.53. The molecule has 112 valence electrons. The normalized spacial score (nSPS) is 13.7. The van der Waals surface area contributed by atoms with Crippen molar-refractivity contribution < 1.29 is 14.9 Å². The van der Waals surface area contributed by atoms with E-state index in [0.717, 1.165) is 5.56 Å². The SMILES string of the molecule is NC(Cc1ccccc1)C(O)COc1ccccc1CO. The average molecular weight is 287 g/mol. The first-order valence-corrected chi connectivity index (χ1v) is 7.00. The zero-order valence-electron chi connectivity index (χ0n) is 11.9. The van der Waals surface area contributed by atoms with Crippen LogP contribution >= 0.6 is 0 Å². The molecule has 0 saturated carbocycles. The van der Waals surface area contributed by atoms with Gasteiger partial charge in [0, 0.05) is 11.6 Å². The van der Waals surface area contributed by atoms with Crippen molar-refractivity contribution in [1.82, 2.24) is 0 Å². The molecule has 2 rings (SSSR count). The lowest BCUT2D eigenvalue weighted by molar-refractivity contribution is 0.0839. The van der Waals surface area contributed by atoms with E-state index in [9.17, 15) is 10.2 Å². The molecule has 0 aliphatic heterocycles. The fraction of sp³-hybridized carbons (Fsp3) is 0.294. The molecule has 4 N–H and O–H groups in total. The van der Waals surface area contributed by atoms with Gasteiger partial charge in [-0.1, -0.05) is 48.5 Å². The first-order chi connectivity index (χ1) is 10.2. The molecule has 4 nitrogen and oxygen atoms in total. The fourth-order valence-corrected chi connectivity index (χ4v) is 2.10. The highest BCUT2D eigenvalue weighted by Gasteiger charge is 2.16. The maximum absolute atomic E-state index is 10.1. The molecule has 0 aliphatic rings. The molecule has 2 unspecified atom stereocenters. The van der Waals surface area contributed by atoms with Crippen molar-refractivity contribution in [3.63, 3.8) is 0 Å². The largest absolute Gasteiger partial charge is 0.490 e. The van der Waals surface area contributed by atoms with Crippen LogP contribution in [0.5, 0.6) is 5.75 Å². The van der Waals surface area contributed by atoms with Gasteiger partial charge >= 0.3 is 0 Å². The lowest BCUT2D eigenvalue weighted by Gasteiger charge is -2.20. The molecule has 0 aromatic heterocycles. The molecule has 2 atom stereocenters. The fourth-order valence-electron chi connectivity index (χ4n) is 2.10. The number of ether oxygens (including phenoxy) is 1. The number of rotatable bonds is 7. The summed E-state index contributed by atoms with van der Waals surface area (Å²) in [6.07, 6.45) is -0.176. The molecule has 0 amide bonds. The smallest absolute Gasteiger partial charge is 0.124 e. The van der Waals surface area contributed by atoms with Crippen molar-refractivity contribution in [3.8, 4) is 5.75 Å². The van der Waals surface area contributed by atoms with Gasteiger partial charge in [-0.15, -0.1) is 0 Å². The molecule has 0 aliphatic carbocycles. The van der Waals surface area contributed by atoms with Crippen molar-refractivity contribution in [2.45, 2.75) is 25.2 Å². The quantitative estimate of drug-likeness (QED) is 0.721. The molecule has 0 bridgehead atoms. The Kier molecular flexibility index (Phi) is 5.75. The number of para-hydroxylation sites is 1. The lowest BCUT2D eigenvalue weighted by atomic mass is 10.0. The molecule has 0 saturated heterocycles.